The van der Waals surface area contributed by atoms with E-state index in [4.69, 9.17) is 39.6 Å². The van der Waals surface area contributed by atoms with Gasteiger partial charge in [-0.1, -0.05) is 60.7 Å². The van der Waals surface area contributed by atoms with Crippen molar-refractivity contribution in [3.8, 4) is 0 Å². The van der Waals surface area contributed by atoms with E-state index in [1.54, 1.807) is 0 Å². The van der Waals surface area contributed by atoms with Gasteiger partial charge >= 0.3 is 23.9 Å². The minimum Gasteiger partial charge on any atom is -0.473 e. The predicted molar refractivity (Wildman–Crippen MR) is 228 cm³/mol. The van der Waals surface area contributed by atoms with E-state index in [9.17, 15) is 0 Å². The molecule has 0 unspecified atom stereocenters. The van der Waals surface area contributed by atoms with E-state index in [2.05, 4.69) is 129 Å². The van der Waals surface area contributed by atoms with E-state index in [-0.39, 0.29) is 0 Å². The van der Waals surface area contributed by atoms with Crippen molar-refractivity contribution in [3.63, 3.8) is 0 Å². The van der Waals surface area contributed by atoms with Crippen molar-refractivity contribution in [1.29, 1.82) is 0 Å². The predicted octanol–water partition coefficient (Wildman–Crippen LogP) is 7.45. The molecular weight excluding hydrogens is 741 g/mol. The SMILES string of the molecule is O=C(O)C(=O)O.O=C(O)C(=O)O.c1ccc(Nc2ccc(NCCCCNCc3cccc(CNCCCCNc4ccc(Nc5ccccc5)cc4)c3)cc2)cc1. The van der Waals surface area contributed by atoms with Crippen LogP contribution in [-0.2, 0) is 32.3 Å². The summed E-state index contributed by atoms with van der Waals surface area (Å²) in [6.45, 7) is 5.81. The lowest BCUT2D eigenvalue weighted by molar-refractivity contribution is -0.159. The maximum atomic E-state index is 9.10. The Morgan fingerprint density at radius 3 is 1.02 bits per heavy atom. The lowest BCUT2D eigenvalue weighted by Gasteiger charge is -2.11. The van der Waals surface area contributed by atoms with Gasteiger partial charge in [-0.3, -0.25) is 0 Å². The fourth-order valence-electron chi connectivity index (χ4n) is 5.25. The van der Waals surface area contributed by atoms with Crippen LogP contribution in [0.2, 0.25) is 0 Å². The molecule has 0 aromatic heterocycles. The standard InChI is InChI=1S/C40H48N6.2C2H2O4/c1-3-14-37(15-4-1)45-39-22-18-35(19-23-39)43-28-9-7-26-41-31-33-12-11-13-34(30-33)32-42-27-8-10-29-44-36-20-24-40(25-21-36)46-38-16-5-2-6-17-38;2*3-1(4)2(5)6/h1-6,11-25,30,41-46H,7-10,26-29,31-32H2;2*(H,3,4)(H,5,6). The molecule has 0 bridgehead atoms. The summed E-state index contributed by atoms with van der Waals surface area (Å²) < 4.78 is 0. The lowest BCUT2D eigenvalue weighted by Crippen LogP contribution is -2.17. The molecule has 5 rings (SSSR count). The van der Waals surface area contributed by atoms with E-state index in [1.165, 1.54) is 11.1 Å². The first kappa shape index (κ1) is 45.5. The topological polar surface area (TPSA) is 221 Å². The first-order valence-electron chi connectivity index (χ1n) is 18.8. The van der Waals surface area contributed by atoms with Crippen molar-refractivity contribution in [2.75, 3.05) is 47.4 Å². The number of benzene rings is 5. The number of unbranched alkanes of at least 4 members (excludes halogenated alkanes) is 2. The number of hydrogen-bond acceptors (Lipinski definition) is 10. The van der Waals surface area contributed by atoms with E-state index in [1.807, 2.05) is 36.4 Å². The van der Waals surface area contributed by atoms with E-state index in [0.717, 1.165) is 99.1 Å². The number of carboxylic acids is 4. The molecule has 0 amide bonds. The average molecular weight is 793 g/mol. The maximum absolute atomic E-state index is 9.10. The minimum absolute atomic E-state index is 0.909. The number of anilines is 6. The number of carbonyl (C=O) groups is 4. The molecule has 0 aliphatic heterocycles. The highest BCUT2D eigenvalue weighted by Gasteiger charge is 2.05. The third-order valence-electron chi connectivity index (χ3n) is 8.13. The largest absolute Gasteiger partial charge is 0.473 e. The second-order valence-electron chi connectivity index (χ2n) is 12.8. The average Bonchev–Trinajstić information content (AvgIpc) is 3.22. The van der Waals surface area contributed by atoms with Gasteiger partial charge in [-0.15, -0.1) is 0 Å². The molecule has 58 heavy (non-hydrogen) atoms. The molecule has 0 spiro atoms. The summed E-state index contributed by atoms with van der Waals surface area (Å²) in [7, 11) is 0. The Labute approximate surface area is 338 Å². The summed E-state index contributed by atoms with van der Waals surface area (Å²) in [5.41, 5.74) is 9.40. The molecule has 0 radical (unpaired) electrons. The van der Waals surface area contributed by atoms with E-state index < -0.39 is 23.9 Å². The normalized spacial score (nSPS) is 10.1. The highest BCUT2D eigenvalue weighted by molar-refractivity contribution is 6.27. The van der Waals surface area contributed by atoms with Crippen molar-refractivity contribution in [2.24, 2.45) is 0 Å². The molecule has 5 aromatic rings. The zero-order valence-corrected chi connectivity index (χ0v) is 32.2. The summed E-state index contributed by atoms with van der Waals surface area (Å²) in [5, 5.41) is 50.7. The Morgan fingerprint density at radius 2 is 0.672 bits per heavy atom. The van der Waals surface area contributed by atoms with Crippen molar-refractivity contribution >= 4 is 58.0 Å². The Hall–Kier alpha value is -6.90. The fourth-order valence-corrected chi connectivity index (χ4v) is 5.25. The summed E-state index contributed by atoms with van der Waals surface area (Å²) in [4.78, 5) is 36.4. The van der Waals surface area contributed by atoms with Crippen LogP contribution in [0.25, 0.3) is 0 Å². The molecule has 5 aromatic carbocycles. The van der Waals surface area contributed by atoms with Gasteiger partial charge in [-0.05, 0) is 123 Å². The molecule has 0 aliphatic carbocycles. The number of para-hydroxylation sites is 2. The van der Waals surface area contributed by atoms with Crippen LogP contribution in [0.15, 0.2) is 133 Å². The molecule has 0 aliphatic rings. The van der Waals surface area contributed by atoms with Gasteiger partial charge in [0.1, 0.15) is 0 Å². The van der Waals surface area contributed by atoms with Gasteiger partial charge in [-0.2, -0.15) is 0 Å². The van der Waals surface area contributed by atoms with Gasteiger partial charge in [0.2, 0.25) is 0 Å². The van der Waals surface area contributed by atoms with Gasteiger partial charge in [0.05, 0.1) is 0 Å². The first-order valence-corrected chi connectivity index (χ1v) is 18.8. The highest BCUT2D eigenvalue weighted by atomic mass is 16.4. The number of hydrogen-bond donors (Lipinski definition) is 10. The molecule has 14 nitrogen and oxygen atoms in total. The van der Waals surface area contributed by atoms with Crippen LogP contribution in [0.1, 0.15) is 36.8 Å². The zero-order chi connectivity index (χ0) is 41.8. The van der Waals surface area contributed by atoms with Gasteiger partial charge in [0, 0.05) is 60.3 Å². The summed E-state index contributed by atoms with van der Waals surface area (Å²) in [6.07, 6.45) is 4.56. The van der Waals surface area contributed by atoms with Crippen LogP contribution < -0.4 is 31.9 Å². The van der Waals surface area contributed by atoms with Crippen LogP contribution >= 0.6 is 0 Å². The first-order chi connectivity index (χ1) is 28.1. The fraction of sp³-hybridized carbons (Fsp3) is 0.227. The minimum atomic E-state index is -1.82. The number of carboxylic acid groups (broad SMARTS) is 4. The van der Waals surface area contributed by atoms with Crippen molar-refractivity contribution in [3.05, 3.63) is 145 Å². The molecular formula is C44H52N6O8. The van der Waals surface area contributed by atoms with Crippen LogP contribution in [0.3, 0.4) is 0 Å². The summed E-state index contributed by atoms with van der Waals surface area (Å²) in [5.74, 6) is -7.30. The quantitative estimate of drug-likeness (QED) is 0.0273. The highest BCUT2D eigenvalue weighted by Crippen LogP contribution is 2.20. The third kappa shape index (κ3) is 20.1. The Kier molecular flexibility index (Phi) is 21.0. The smallest absolute Gasteiger partial charge is 0.414 e. The third-order valence-corrected chi connectivity index (χ3v) is 8.13. The lowest BCUT2D eigenvalue weighted by atomic mass is 10.1. The van der Waals surface area contributed by atoms with E-state index in [0.29, 0.717) is 0 Å². The molecule has 0 saturated carbocycles. The van der Waals surface area contributed by atoms with Gasteiger partial charge in [0.15, 0.2) is 0 Å². The van der Waals surface area contributed by atoms with Crippen molar-refractivity contribution < 1.29 is 39.6 Å². The Morgan fingerprint density at radius 1 is 0.362 bits per heavy atom. The Balaban J connectivity index is 0.000000654. The number of rotatable bonds is 20. The molecule has 14 heteroatoms. The van der Waals surface area contributed by atoms with Crippen LogP contribution in [0, 0.1) is 0 Å². The van der Waals surface area contributed by atoms with Gasteiger partial charge in [-0.25, -0.2) is 19.2 Å². The van der Waals surface area contributed by atoms with Crippen LogP contribution in [0.5, 0.6) is 0 Å². The van der Waals surface area contributed by atoms with Crippen LogP contribution in [-0.4, -0.2) is 70.5 Å². The molecule has 0 fully saturated rings. The van der Waals surface area contributed by atoms with Gasteiger partial charge < -0.3 is 52.3 Å². The molecule has 0 saturated heterocycles. The monoisotopic (exact) mass is 792 g/mol. The Bertz CT molecular complexity index is 1790. The van der Waals surface area contributed by atoms with E-state index >= 15 is 0 Å². The molecule has 10 N–H and O–H groups in total. The molecule has 0 heterocycles. The molecule has 306 valence electrons. The molecule has 0 atom stereocenters. The number of aliphatic carboxylic acids is 4. The van der Waals surface area contributed by atoms with Crippen molar-refractivity contribution in [2.45, 2.75) is 38.8 Å². The second kappa shape index (κ2) is 26.8. The second-order valence-corrected chi connectivity index (χ2v) is 12.8. The zero-order valence-electron chi connectivity index (χ0n) is 32.2. The van der Waals surface area contributed by atoms with Crippen molar-refractivity contribution in [1.82, 2.24) is 10.6 Å². The van der Waals surface area contributed by atoms with Gasteiger partial charge in [0.25, 0.3) is 0 Å². The van der Waals surface area contributed by atoms with Crippen LogP contribution in [0.4, 0.5) is 34.1 Å². The maximum Gasteiger partial charge on any atom is 0.414 e. The summed E-state index contributed by atoms with van der Waals surface area (Å²) >= 11 is 0. The number of nitrogens with one attached hydrogen (secondary N) is 6. The summed E-state index contributed by atoms with van der Waals surface area (Å²) in [6, 6.07) is 46.4.